The molecule has 206 valence electrons. The number of carbonyl (C=O) groups is 3. The molecule has 0 radical (unpaired) electrons. The van der Waals surface area contributed by atoms with Crippen molar-refractivity contribution in [3.05, 3.63) is 53.7 Å². The second kappa shape index (κ2) is 11.0. The molecule has 1 N–H and O–H groups in total. The number of hydrogen-bond acceptors (Lipinski definition) is 8. The zero-order chi connectivity index (χ0) is 27.6. The topological polar surface area (TPSA) is 110 Å². The van der Waals surface area contributed by atoms with Gasteiger partial charge in [-0.1, -0.05) is 12.1 Å². The molecule has 3 aromatic rings. The van der Waals surface area contributed by atoms with Crippen LogP contribution in [0, 0.1) is 5.41 Å². The minimum Gasteiger partial charge on any atom is -0.497 e. The van der Waals surface area contributed by atoms with Crippen LogP contribution < -0.4 is 14.2 Å². The van der Waals surface area contributed by atoms with Gasteiger partial charge in [0.25, 0.3) is 0 Å². The minimum absolute atomic E-state index is 0.0601. The highest BCUT2D eigenvalue weighted by Crippen LogP contribution is 2.43. The fourth-order valence-corrected chi connectivity index (χ4v) is 5.45. The lowest BCUT2D eigenvalue weighted by Crippen LogP contribution is -2.45. The van der Waals surface area contributed by atoms with Crippen LogP contribution in [0.3, 0.4) is 0 Å². The highest BCUT2D eigenvalue weighted by molar-refractivity contribution is 6.06. The van der Waals surface area contributed by atoms with Gasteiger partial charge >= 0.3 is 5.97 Å². The number of aromatic amines is 1. The number of nitrogens with zero attached hydrogens (tertiary/aromatic N) is 2. The molecule has 2 fully saturated rings. The molecule has 1 spiro atoms. The van der Waals surface area contributed by atoms with Gasteiger partial charge < -0.3 is 23.9 Å². The number of H-pyrrole nitrogens is 1. The van der Waals surface area contributed by atoms with E-state index in [0.29, 0.717) is 43.2 Å². The molecule has 39 heavy (non-hydrogen) atoms. The van der Waals surface area contributed by atoms with E-state index < -0.39 is 11.4 Å². The fraction of sp³-hybridized carbons (Fsp3) is 0.414. The van der Waals surface area contributed by atoms with Gasteiger partial charge in [0.2, 0.25) is 11.8 Å². The third-order valence-electron chi connectivity index (χ3n) is 7.78. The van der Waals surface area contributed by atoms with Crippen LogP contribution >= 0.6 is 0 Å². The van der Waals surface area contributed by atoms with E-state index in [2.05, 4.69) is 9.88 Å². The summed E-state index contributed by atoms with van der Waals surface area (Å²) in [5, 5.41) is 0.815. The van der Waals surface area contributed by atoms with Crippen molar-refractivity contribution in [3.63, 3.8) is 0 Å². The van der Waals surface area contributed by atoms with Crippen LogP contribution in [0.1, 0.15) is 35.3 Å². The van der Waals surface area contributed by atoms with Gasteiger partial charge in [-0.25, -0.2) is 4.79 Å². The van der Waals surface area contributed by atoms with E-state index in [4.69, 9.17) is 18.9 Å². The van der Waals surface area contributed by atoms with Crippen molar-refractivity contribution in [1.82, 2.24) is 14.8 Å². The number of imide groups is 1. The smallest absolute Gasteiger partial charge is 0.354 e. The van der Waals surface area contributed by atoms with Crippen molar-refractivity contribution in [1.29, 1.82) is 0 Å². The zero-order valence-corrected chi connectivity index (χ0v) is 22.5. The van der Waals surface area contributed by atoms with Crippen LogP contribution in [0.15, 0.2) is 42.5 Å². The maximum Gasteiger partial charge on any atom is 0.354 e. The van der Waals surface area contributed by atoms with E-state index in [-0.39, 0.29) is 24.8 Å². The summed E-state index contributed by atoms with van der Waals surface area (Å²) in [7, 11) is 4.51. The average Bonchev–Trinajstić information content (AvgIpc) is 3.47. The summed E-state index contributed by atoms with van der Waals surface area (Å²) in [6.45, 7) is 2.83. The SMILES string of the molecule is COC(=O)c1cc2cc(OCCN3CCC4(CC3)CC(=O)N(Cc3ccc(OC)cc3)C4=O)c(OC)cc2[nH]1. The normalized spacial score (nSPS) is 17.2. The van der Waals surface area contributed by atoms with Crippen LogP contribution in [-0.2, 0) is 20.9 Å². The van der Waals surface area contributed by atoms with Gasteiger partial charge in [-0.3, -0.25) is 19.4 Å². The van der Waals surface area contributed by atoms with Crippen molar-refractivity contribution in [2.75, 3.05) is 47.6 Å². The van der Waals surface area contributed by atoms with Gasteiger partial charge in [0, 0.05) is 24.4 Å². The van der Waals surface area contributed by atoms with Crippen LogP contribution in [0.25, 0.3) is 10.9 Å². The van der Waals surface area contributed by atoms with Crippen LogP contribution in [0.4, 0.5) is 0 Å². The predicted octanol–water partition coefficient (Wildman–Crippen LogP) is 3.39. The number of rotatable bonds is 9. The van der Waals surface area contributed by atoms with Gasteiger partial charge in [0.1, 0.15) is 18.1 Å². The maximum atomic E-state index is 13.4. The number of amides is 2. The summed E-state index contributed by atoms with van der Waals surface area (Å²) in [6, 6.07) is 12.8. The first-order valence-electron chi connectivity index (χ1n) is 13.0. The van der Waals surface area contributed by atoms with Crippen molar-refractivity contribution < 1.29 is 33.3 Å². The molecule has 10 heteroatoms. The third-order valence-corrected chi connectivity index (χ3v) is 7.78. The van der Waals surface area contributed by atoms with Crippen LogP contribution in [0.5, 0.6) is 17.2 Å². The number of ether oxygens (including phenoxy) is 4. The van der Waals surface area contributed by atoms with Crippen LogP contribution in [0.2, 0.25) is 0 Å². The van der Waals surface area contributed by atoms with E-state index >= 15 is 0 Å². The second-order valence-electron chi connectivity index (χ2n) is 10.0. The number of benzene rings is 2. The van der Waals surface area contributed by atoms with Gasteiger partial charge in [0.05, 0.1) is 38.8 Å². The first-order valence-corrected chi connectivity index (χ1v) is 13.0. The summed E-state index contributed by atoms with van der Waals surface area (Å²) in [5.74, 6) is 1.28. The van der Waals surface area contributed by atoms with Crippen molar-refractivity contribution in [2.24, 2.45) is 5.41 Å². The maximum absolute atomic E-state index is 13.4. The van der Waals surface area contributed by atoms with E-state index in [1.54, 1.807) is 26.4 Å². The molecule has 2 aliphatic rings. The van der Waals surface area contributed by atoms with Crippen LogP contribution in [-0.4, -0.2) is 80.1 Å². The van der Waals surface area contributed by atoms with Gasteiger partial charge in [-0.2, -0.15) is 0 Å². The molecular formula is C29H33N3O7. The predicted molar refractivity (Wildman–Crippen MR) is 143 cm³/mol. The lowest BCUT2D eigenvalue weighted by Gasteiger charge is -2.37. The molecular weight excluding hydrogens is 502 g/mol. The number of methoxy groups -OCH3 is 3. The number of nitrogens with one attached hydrogen (secondary N) is 1. The molecule has 2 saturated heterocycles. The Morgan fingerprint density at radius 2 is 1.72 bits per heavy atom. The summed E-state index contributed by atoms with van der Waals surface area (Å²) in [6.07, 6.45) is 1.56. The molecule has 1 aromatic heterocycles. The quantitative estimate of drug-likeness (QED) is 0.328. The first kappa shape index (κ1) is 26.6. The summed E-state index contributed by atoms with van der Waals surface area (Å²) in [5.41, 5.74) is 1.40. The molecule has 3 heterocycles. The van der Waals surface area contributed by atoms with E-state index in [1.165, 1.54) is 12.0 Å². The first-order chi connectivity index (χ1) is 18.9. The fourth-order valence-electron chi connectivity index (χ4n) is 5.45. The van der Waals surface area contributed by atoms with E-state index in [9.17, 15) is 14.4 Å². The standard InChI is InChI=1S/C29H33N3O7/c1-36-21-6-4-19(5-7-21)18-32-26(33)17-29(28(32)35)8-10-31(11-9-29)12-13-39-25-15-20-14-23(27(34)38-3)30-22(20)16-24(25)37-2/h4-7,14-16,30H,8-13,17-18H2,1-3H3. The highest BCUT2D eigenvalue weighted by atomic mass is 16.5. The Balaban J connectivity index is 1.16. The minimum atomic E-state index is -0.610. The summed E-state index contributed by atoms with van der Waals surface area (Å²) in [4.78, 5) is 44.7. The molecule has 0 atom stereocenters. The summed E-state index contributed by atoms with van der Waals surface area (Å²) < 4.78 is 21.5. The Morgan fingerprint density at radius 1 is 0.974 bits per heavy atom. The Labute approximate surface area is 226 Å². The number of piperidine rings is 1. The lowest BCUT2D eigenvalue weighted by atomic mass is 9.77. The lowest BCUT2D eigenvalue weighted by molar-refractivity contribution is -0.143. The molecule has 10 nitrogen and oxygen atoms in total. The molecule has 0 saturated carbocycles. The number of likely N-dealkylation sites (tertiary alicyclic amines) is 2. The van der Waals surface area contributed by atoms with E-state index in [1.807, 2.05) is 30.3 Å². The molecule has 2 amide bonds. The van der Waals surface area contributed by atoms with Crippen molar-refractivity contribution in [2.45, 2.75) is 25.8 Å². The Hall–Kier alpha value is -4.05. The molecule has 0 bridgehead atoms. The number of hydrogen-bond donors (Lipinski definition) is 1. The van der Waals surface area contributed by atoms with Gasteiger partial charge in [0.15, 0.2) is 11.5 Å². The van der Waals surface area contributed by atoms with Crippen molar-refractivity contribution >= 4 is 28.7 Å². The zero-order valence-electron chi connectivity index (χ0n) is 22.5. The Bertz CT molecular complexity index is 1370. The number of aromatic nitrogens is 1. The number of fused-ring (bicyclic) bond motifs is 1. The molecule has 0 unspecified atom stereocenters. The summed E-state index contributed by atoms with van der Waals surface area (Å²) >= 11 is 0. The van der Waals surface area contributed by atoms with Gasteiger partial charge in [-0.05, 0) is 55.8 Å². The molecule has 2 aliphatic heterocycles. The average molecular weight is 536 g/mol. The largest absolute Gasteiger partial charge is 0.497 e. The van der Waals surface area contributed by atoms with Crippen molar-refractivity contribution in [3.8, 4) is 17.2 Å². The highest BCUT2D eigenvalue weighted by Gasteiger charge is 2.52. The molecule has 0 aliphatic carbocycles. The molecule has 2 aromatic carbocycles. The number of esters is 1. The molecule has 5 rings (SSSR count). The van der Waals surface area contributed by atoms with Gasteiger partial charge in [-0.15, -0.1) is 0 Å². The second-order valence-corrected chi connectivity index (χ2v) is 10.0. The Morgan fingerprint density at radius 3 is 2.38 bits per heavy atom. The number of carbonyl (C=O) groups excluding carboxylic acids is 3. The third kappa shape index (κ3) is 5.29. The Kier molecular flexibility index (Phi) is 7.47. The van der Waals surface area contributed by atoms with E-state index in [0.717, 1.165) is 35.3 Å². The monoisotopic (exact) mass is 535 g/mol.